The number of nitrogens with zero attached hydrogens (tertiary/aromatic N) is 4. The third-order valence-electron chi connectivity index (χ3n) is 7.55. The van der Waals surface area contributed by atoms with Crippen molar-refractivity contribution >= 4 is 17.7 Å². The van der Waals surface area contributed by atoms with Crippen LogP contribution in [0, 0.1) is 0 Å². The van der Waals surface area contributed by atoms with Crippen molar-refractivity contribution in [1.29, 1.82) is 0 Å². The summed E-state index contributed by atoms with van der Waals surface area (Å²) in [4.78, 5) is 45.3. The zero-order chi connectivity index (χ0) is 25.5. The molecule has 37 heavy (non-hydrogen) atoms. The summed E-state index contributed by atoms with van der Waals surface area (Å²) >= 11 is 0. The number of amides is 3. The van der Waals surface area contributed by atoms with E-state index in [1.807, 2.05) is 36.5 Å². The van der Waals surface area contributed by atoms with Gasteiger partial charge in [0.2, 0.25) is 11.8 Å². The molecule has 1 N–H and O–H groups in total. The molecule has 1 aromatic heterocycles. The second-order valence-corrected chi connectivity index (χ2v) is 9.97. The van der Waals surface area contributed by atoms with Crippen LogP contribution < -0.4 is 10.1 Å². The molecular weight excluding hydrogens is 470 g/mol. The fraction of sp³-hybridized carbons (Fsp3) is 0.357. The van der Waals surface area contributed by atoms with Gasteiger partial charge in [0.25, 0.3) is 5.91 Å². The molecule has 0 spiro atoms. The van der Waals surface area contributed by atoms with Gasteiger partial charge in [0, 0.05) is 38.7 Å². The zero-order valence-corrected chi connectivity index (χ0v) is 20.7. The standard InChI is InChI=1S/C28H29N5O4/c1-31-24(18-5-3-2-4-6-18)14-29-25(31)17-32-12-11-21(16-32)37-20-7-8-22-19(13-20)15-33(28(22)36)23-9-10-26(34)30-27(23)35/h2-8,13-14,21,23H,9-12,15-17H2,1H3,(H,30,34,35). The molecule has 0 aliphatic carbocycles. The van der Waals surface area contributed by atoms with E-state index >= 15 is 0 Å². The molecule has 2 fully saturated rings. The highest BCUT2D eigenvalue weighted by Gasteiger charge is 2.39. The van der Waals surface area contributed by atoms with Crippen molar-refractivity contribution in [1.82, 2.24) is 24.7 Å². The Morgan fingerprint density at radius 3 is 2.73 bits per heavy atom. The molecule has 3 aromatic rings. The number of nitrogens with one attached hydrogen (secondary N) is 1. The van der Waals surface area contributed by atoms with Crippen molar-refractivity contribution in [3.05, 3.63) is 71.7 Å². The average Bonchev–Trinajstić information content (AvgIpc) is 3.58. The van der Waals surface area contributed by atoms with Crippen LogP contribution in [0.2, 0.25) is 0 Å². The Bertz CT molecular complexity index is 1370. The van der Waals surface area contributed by atoms with E-state index in [9.17, 15) is 14.4 Å². The molecule has 190 valence electrons. The first-order chi connectivity index (χ1) is 18.0. The minimum atomic E-state index is -0.612. The van der Waals surface area contributed by atoms with Crippen molar-refractivity contribution < 1.29 is 19.1 Å². The molecule has 2 unspecified atom stereocenters. The van der Waals surface area contributed by atoms with E-state index in [4.69, 9.17) is 4.74 Å². The predicted octanol–water partition coefficient (Wildman–Crippen LogP) is 2.50. The van der Waals surface area contributed by atoms with E-state index in [2.05, 4.69) is 38.9 Å². The number of aromatic nitrogens is 2. The number of rotatable bonds is 6. The first-order valence-corrected chi connectivity index (χ1v) is 12.7. The summed E-state index contributed by atoms with van der Waals surface area (Å²) in [5.74, 6) is 0.888. The maximum absolute atomic E-state index is 12.9. The van der Waals surface area contributed by atoms with Gasteiger partial charge in [-0.1, -0.05) is 30.3 Å². The number of benzene rings is 2. The molecule has 0 radical (unpaired) electrons. The van der Waals surface area contributed by atoms with Crippen LogP contribution in [0.15, 0.2) is 54.7 Å². The molecule has 6 rings (SSSR count). The van der Waals surface area contributed by atoms with E-state index in [-0.39, 0.29) is 24.3 Å². The summed E-state index contributed by atoms with van der Waals surface area (Å²) in [6, 6.07) is 15.2. The van der Waals surface area contributed by atoms with Crippen LogP contribution in [0.5, 0.6) is 5.75 Å². The van der Waals surface area contributed by atoms with Gasteiger partial charge in [-0.2, -0.15) is 0 Å². The summed E-state index contributed by atoms with van der Waals surface area (Å²) in [6.45, 7) is 2.82. The van der Waals surface area contributed by atoms with Crippen LogP contribution in [-0.2, 0) is 29.7 Å². The predicted molar refractivity (Wildman–Crippen MR) is 135 cm³/mol. The van der Waals surface area contributed by atoms with Crippen LogP contribution in [0.1, 0.15) is 41.0 Å². The molecule has 9 heteroatoms. The number of hydrogen-bond acceptors (Lipinski definition) is 6. The molecule has 2 atom stereocenters. The highest BCUT2D eigenvalue weighted by atomic mass is 16.5. The molecule has 3 aliphatic rings. The molecule has 0 bridgehead atoms. The summed E-state index contributed by atoms with van der Waals surface area (Å²) in [5.41, 5.74) is 3.69. The summed E-state index contributed by atoms with van der Waals surface area (Å²) < 4.78 is 8.45. The average molecular weight is 500 g/mol. The Labute approximate surface area is 215 Å². The number of ether oxygens (including phenoxy) is 1. The quantitative estimate of drug-likeness (QED) is 0.524. The smallest absolute Gasteiger partial charge is 0.255 e. The topological polar surface area (TPSA) is 96.8 Å². The van der Waals surface area contributed by atoms with Gasteiger partial charge in [-0.25, -0.2) is 4.98 Å². The number of fused-ring (bicyclic) bond motifs is 1. The van der Waals surface area contributed by atoms with E-state index in [1.54, 1.807) is 11.0 Å². The van der Waals surface area contributed by atoms with Gasteiger partial charge in [-0.15, -0.1) is 0 Å². The lowest BCUT2D eigenvalue weighted by molar-refractivity contribution is -0.136. The maximum atomic E-state index is 12.9. The number of imide groups is 1. The maximum Gasteiger partial charge on any atom is 0.255 e. The number of piperidine rings is 1. The minimum Gasteiger partial charge on any atom is -0.489 e. The first kappa shape index (κ1) is 23.4. The molecule has 0 saturated carbocycles. The molecular formula is C28H29N5O4. The molecule has 4 heterocycles. The van der Waals surface area contributed by atoms with Gasteiger partial charge >= 0.3 is 0 Å². The van der Waals surface area contributed by atoms with Crippen molar-refractivity contribution in [3.63, 3.8) is 0 Å². The fourth-order valence-corrected chi connectivity index (χ4v) is 5.53. The van der Waals surface area contributed by atoms with Crippen LogP contribution >= 0.6 is 0 Å². The van der Waals surface area contributed by atoms with Gasteiger partial charge in [0.1, 0.15) is 23.7 Å². The molecule has 2 saturated heterocycles. The van der Waals surface area contributed by atoms with E-state index in [0.29, 0.717) is 18.5 Å². The number of carbonyl (C=O) groups excluding carboxylic acids is 3. The first-order valence-electron chi connectivity index (χ1n) is 12.7. The third kappa shape index (κ3) is 4.51. The number of hydrogen-bond donors (Lipinski definition) is 1. The highest BCUT2D eigenvalue weighted by Crippen LogP contribution is 2.31. The molecule has 9 nitrogen and oxygen atoms in total. The Balaban J connectivity index is 1.08. The van der Waals surface area contributed by atoms with Crippen molar-refractivity contribution in [2.24, 2.45) is 7.05 Å². The number of carbonyl (C=O) groups is 3. The minimum absolute atomic E-state index is 0.0512. The summed E-state index contributed by atoms with van der Waals surface area (Å²) in [7, 11) is 2.05. The molecule has 3 amide bonds. The Morgan fingerprint density at radius 1 is 1.08 bits per heavy atom. The Kier molecular flexibility index (Phi) is 6.00. The second kappa shape index (κ2) is 9.48. The van der Waals surface area contributed by atoms with Gasteiger partial charge in [-0.3, -0.25) is 24.6 Å². The van der Waals surface area contributed by atoms with Crippen molar-refractivity contribution in [2.45, 2.75) is 44.5 Å². The SMILES string of the molecule is Cn1c(-c2ccccc2)cnc1CN1CCC(Oc2ccc3c(c2)CN(C2CCC(=O)NC2=O)C3=O)C1. The fourth-order valence-electron chi connectivity index (χ4n) is 5.53. The van der Waals surface area contributed by atoms with Gasteiger partial charge < -0.3 is 14.2 Å². The normalized spacial score (nSPS) is 21.9. The van der Waals surface area contributed by atoms with Gasteiger partial charge in [0.05, 0.1) is 18.4 Å². The number of likely N-dealkylation sites (tertiary alicyclic amines) is 1. The summed E-state index contributed by atoms with van der Waals surface area (Å²) in [5, 5.41) is 2.34. The molecule has 3 aliphatic heterocycles. The zero-order valence-electron chi connectivity index (χ0n) is 20.7. The van der Waals surface area contributed by atoms with Crippen LogP contribution in [0.25, 0.3) is 11.3 Å². The lowest BCUT2D eigenvalue weighted by Crippen LogP contribution is -2.52. The van der Waals surface area contributed by atoms with Gasteiger partial charge in [0.15, 0.2) is 0 Å². The second-order valence-electron chi connectivity index (χ2n) is 9.97. The Hall–Kier alpha value is -3.98. The lowest BCUT2D eigenvalue weighted by atomic mass is 10.0. The largest absolute Gasteiger partial charge is 0.489 e. The van der Waals surface area contributed by atoms with Crippen molar-refractivity contribution in [3.8, 4) is 17.0 Å². The van der Waals surface area contributed by atoms with Crippen LogP contribution in [0.4, 0.5) is 0 Å². The lowest BCUT2D eigenvalue weighted by Gasteiger charge is -2.29. The van der Waals surface area contributed by atoms with Crippen molar-refractivity contribution in [2.75, 3.05) is 13.1 Å². The van der Waals surface area contributed by atoms with Crippen LogP contribution in [0.3, 0.4) is 0 Å². The Morgan fingerprint density at radius 2 is 1.92 bits per heavy atom. The van der Waals surface area contributed by atoms with Crippen LogP contribution in [-0.4, -0.2) is 62.3 Å². The third-order valence-corrected chi connectivity index (χ3v) is 7.55. The molecule has 2 aromatic carbocycles. The van der Waals surface area contributed by atoms with E-state index in [1.165, 1.54) is 0 Å². The highest BCUT2D eigenvalue weighted by molar-refractivity contribution is 6.05. The van der Waals surface area contributed by atoms with Gasteiger partial charge in [-0.05, 0) is 42.2 Å². The summed E-state index contributed by atoms with van der Waals surface area (Å²) in [6.07, 6.45) is 3.49. The number of imidazole rings is 1. The van der Waals surface area contributed by atoms with E-state index < -0.39 is 11.9 Å². The monoisotopic (exact) mass is 499 g/mol. The van der Waals surface area contributed by atoms with E-state index in [0.717, 1.165) is 54.4 Å².